The van der Waals surface area contributed by atoms with Crippen LogP contribution in [-0.2, 0) is 6.54 Å². The van der Waals surface area contributed by atoms with Crippen LogP contribution in [0.3, 0.4) is 0 Å². The number of benzene rings is 2. The number of carbonyl (C=O) groups excluding carboxylic acids is 1. The summed E-state index contributed by atoms with van der Waals surface area (Å²) in [6.07, 6.45) is 1.59. The Balaban J connectivity index is 1.80. The first kappa shape index (κ1) is 20.3. The largest absolute Gasteiger partial charge is 0.508 e. The molecule has 0 spiro atoms. The third-order valence-corrected chi connectivity index (χ3v) is 5.26. The molecular weight excluding hydrogens is 398 g/mol. The molecule has 1 aliphatic rings. The number of phenolic OH excluding ortho intramolecular Hbond substituents is 1. The molecule has 0 bridgehead atoms. The fraction of sp³-hybridized carbons (Fsp3) is 0.227. The number of aromatic hydroxyl groups is 1. The van der Waals surface area contributed by atoms with Crippen LogP contribution in [0.1, 0.15) is 46.6 Å². The normalized spacial score (nSPS) is 15.7. The van der Waals surface area contributed by atoms with E-state index in [-0.39, 0.29) is 17.1 Å². The van der Waals surface area contributed by atoms with Crippen molar-refractivity contribution >= 4 is 17.3 Å². The van der Waals surface area contributed by atoms with E-state index in [1.54, 1.807) is 25.1 Å². The molecule has 0 fully saturated rings. The average molecular weight is 419 g/mol. The van der Waals surface area contributed by atoms with Crippen molar-refractivity contribution in [3.05, 3.63) is 87.2 Å². The maximum atomic E-state index is 13.4. The minimum Gasteiger partial charge on any atom is -0.508 e. The molecule has 0 saturated carbocycles. The number of hydrogen-bond acceptors (Lipinski definition) is 6. The molecule has 9 heteroatoms. The zero-order valence-electron chi connectivity index (χ0n) is 17.1. The van der Waals surface area contributed by atoms with E-state index in [1.807, 2.05) is 31.2 Å². The average Bonchev–Trinajstić information content (AvgIpc) is 3.39. The molecular formula is C22H21N5O4. The number of aryl methyl sites for hydroxylation is 2. The number of carbonyl (C=O) groups is 1. The summed E-state index contributed by atoms with van der Waals surface area (Å²) in [4.78, 5) is 24.3. The van der Waals surface area contributed by atoms with Gasteiger partial charge in [-0.15, -0.1) is 0 Å². The number of para-hydroxylation sites is 1. The van der Waals surface area contributed by atoms with Gasteiger partial charge in [0.2, 0.25) is 5.69 Å². The predicted molar refractivity (Wildman–Crippen MR) is 114 cm³/mol. The van der Waals surface area contributed by atoms with E-state index >= 15 is 0 Å². The van der Waals surface area contributed by atoms with Gasteiger partial charge in [0.15, 0.2) is 0 Å². The Morgan fingerprint density at radius 2 is 1.94 bits per heavy atom. The number of hydrazone groups is 1. The summed E-state index contributed by atoms with van der Waals surface area (Å²) >= 11 is 0. The molecule has 1 aliphatic heterocycles. The van der Waals surface area contributed by atoms with Crippen LogP contribution >= 0.6 is 0 Å². The molecule has 9 nitrogen and oxygen atoms in total. The quantitative estimate of drug-likeness (QED) is 0.499. The zero-order chi connectivity index (χ0) is 22.1. The van der Waals surface area contributed by atoms with E-state index in [1.165, 1.54) is 22.0 Å². The van der Waals surface area contributed by atoms with Crippen LogP contribution in [0.5, 0.6) is 5.75 Å². The Morgan fingerprint density at radius 3 is 2.58 bits per heavy atom. The molecule has 1 unspecified atom stereocenters. The second-order valence-electron chi connectivity index (χ2n) is 7.32. The Labute approximate surface area is 178 Å². The topological polar surface area (TPSA) is 114 Å². The van der Waals surface area contributed by atoms with Gasteiger partial charge in [-0.25, -0.2) is 5.01 Å². The first-order valence-corrected chi connectivity index (χ1v) is 9.86. The van der Waals surface area contributed by atoms with Gasteiger partial charge in [-0.05, 0) is 25.5 Å². The molecule has 0 radical (unpaired) electrons. The smallest absolute Gasteiger partial charge is 0.320 e. The molecule has 0 saturated heterocycles. The van der Waals surface area contributed by atoms with Crippen molar-refractivity contribution in [1.82, 2.24) is 14.8 Å². The summed E-state index contributed by atoms with van der Waals surface area (Å²) < 4.78 is 1.35. The third-order valence-electron chi connectivity index (χ3n) is 5.26. The number of hydrogen-bond donors (Lipinski definition) is 1. The van der Waals surface area contributed by atoms with E-state index in [2.05, 4.69) is 10.2 Å². The van der Waals surface area contributed by atoms with Crippen molar-refractivity contribution in [1.29, 1.82) is 0 Å². The lowest BCUT2D eigenvalue weighted by atomic mass is 9.97. The van der Waals surface area contributed by atoms with Gasteiger partial charge in [0.1, 0.15) is 11.9 Å². The lowest BCUT2D eigenvalue weighted by Crippen LogP contribution is -2.28. The van der Waals surface area contributed by atoms with Gasteiger partial charge < -0.3 is 5.11 Å². The van der Waals surface area contributed by atoms with Gasteiger partial charge in [-0.1, -0.05) is 48.0 Å². The zero-order valence-corrected chi connectivity index (χ0v) is 17.1. The van der Waals surface area contributed by atoms with Crippen molar-refractivity contribution < 1.29 is 14.8 Å². The van der Waals surface area contributed by atoms with Crippen LogP contribution in [0.2, 0.25) is 0 Å². The Morgan fingerprint density at radius 1 is 1.23 bits per heavy atom. The highest BCUT2D eigenvalue weighted by molar-refractivity contribution is 6.05. The summed E-state index contributed by atoms with van der Waals surface area (Å²) in [5.74, 6) is -0.659. The first-order chi connectivity index (χ1) is 14.9. The fourth-order valence-electron chi connectivity index (χ4n) is 3.60. The fourth-order valence-corrected chi connectivity index (χ4v) is 3.60. The van der Waals surface area contributed by atoms with Crippen LogP contribution in [0.15, 0.2) is 59.8 Å². The van der Waals surface area contributed by atoms with Crippen LogP contribution in [0, 0.1) is 17.0 Å². The predicted octanol–water partition coefficient (Wildman–Crippen LogP) is 3.82. The van der Waals surface area contributed by atoms with Crippen molar-refractivity contribution in [3.63, 3.8) is 0 Å². The van der Waals surface area contributed by atoms with Crippen molar-refractivity contribution in [2.45, 2.75) is 32.9 Å². The lowest BCUT2D eigenvalue weighted by Gasteiger charge is -2.21. The van der Waals surface area contributed by atoms with Gasteiger partial charge in [0.05, 0.1) is 16.7 Å². The van der Waals surface area contributed by atoms with Gasteiger partial charge >= 0.3 is 11.6 Å². The first-order valence-electron chi connectivity index (χ1n) is 9.86. The van der Waals surface area contributed by atoms with Crippen LogP contribution < -0.4 is 0 Å². The Bertz CT molecular complexity index is 1180. The summed E-state index contributed by atoms with van der Waals surface area (Å²) in [6, 6.07) is 13.8. The van der Waals surface area contributed by atoms with Crippen LogP contribution in [0.4, 0.5) is 5.69 Å². The van der Waals surface area contributed by atoms with E-state index in [4.69, 9.17) is 0 Å². The maximum Gasteiger partial charge on any atom is 0.320 e. The molecule has 158 valence electrons. The number of amides is 1. The molecule has 31 heavy (non-hydrogen) atoms. The summed E-state index contributed by atoms with van der Waals surface area (Å²) in [5.41, 5.74) is 2.45. The van der Waals surface area contributed by atoms with E-state index in [0.717, 1.165) is 11.1 Å². The summed E-state index contributed by atoms with van der Waals surface area (Å²) in [6.45, 7) is 4.14. The van der Waals surface area contributed by atoms with Gasteiger partial charge in [0.25, 0.3) is 0 Å². The lowest BCUT2D eigenvalue weighted by molar-refractivity contribution is -0.385. The number of rotatable bonds is 5. The highest BCUT2D eigenvalue weighted by atomic mass is 16.6. The van der Waals surface area contributed by atoms with Crippen molar-refractivity contribution in [2.75, 3.05) is 0 Å². The molecule has 2 heterocycles. The summed E-state index contributed by atoms with van der Waals surface area (Å²) in [5, 5.41) is 31.7. The van der Waals surface area contributed by atoms with Crippen molar-refractivity contribution in [3.8, 4) is 5.75 Å². The SMILES string of the molecule is CCn1cc([N+](=O)[O-])c(C(=O)N2N=C(c3ccc(C)cc3)CC2c2ccccc2O)n1. The number of aromatic nitrogens is 2. The number of nitrogens with zero attached hydrogens (tertiary/aromatic N) is 5. The molecule has 1 amide bonds. The monoisotopic (exact) mass is 419 g/mol. The molecule has 1 N–H and O–H groups in total. The Kier molecular flexibility index (Phi) is 5.24. The van der Waals surface area contributed by atoms with E-state index < -0.39 is 16.9 Å². The van der Waals surface area contributed by atoms with Crippen LogP contribution in [0.25, 0.3) is 0 Å². The standard InChI is InChI=1S/C22H21N5O4/c1-3-25-13-19(27(30)31)21(24-25)22(29)26-18(16-6-4-5-7-20(16)28)12-17(23-26)15-10-8-14(2)9-11-15/h4-11,13,18,28H,3,12H2,1-2H3. The number of nitro groups is 1. The molecule has 1 atom stereocenters. The van der Waals surface area contributed by atoms with Gasteiger partial charge in [-0.2, -0.15) is 10.2 Å². The maximum absolute atomic E-state index is 13.4. The van der Waals surface area contributed by atoms with Crippen molar-refractivity contribution in [2.24, 2.45) is 5.10 Å². The van der Waals surface area contributed by atoms with E-state index in [9.17, 15) is 20.0 Å². The molecule has 4 rings (SSSR count). The second kappa shape index (κ2) is 8.02. The molecule has 0 aliphatic carbocycles. The minimum absolute atomic E-state index is 0.0271. The highest BCUT2D eigenvalue weighted by Crippen LogP contribution is 2.38. The molecule has 3 aromatic rings. The van der Waals surface area contributed by atoms with E-state index in [0.29, 0.717) is 24.2 Å². The minimum atomic E-state index is -0.686. The van der Waals surface area contributed by atoms with Gasteiger partial charge in [0, 0.05) is 18.5 Å². The molecule has 1 aromatic heterocycles. The van der Waals surface area contributed by atoms with Crippen LogP contribution in [-0.4, -0.2) is 36.4 Å². The third kappa shape index (κ3) is 3.77. The number of phenols is 1. The summed E-state index contributed by atoms with van der Waals surface area (Å²) in [7, 11) is 0. The highest BCUT2D eigenvalue weighted by Gasteiger charge is 2.39. The Hall–Kier alpha value is -4.01. The van der Waals surface area contributed by atoms with Gasteiger partial charge in [-0.3, -0.25) is 19.6 Å². The molecule has 2 aromatic carbocycles. The second-order valence-corrected chi connectivity index (χ2v) is 7.32.